The van der Waals surface area contributed by atoms with Gasteiger partial charge < -0.3 is 15.8 Å². The third-order valence-corrected chi connectivity index (χ3v) is 4.33. The number of nitrogens with one attached hydrogen (secondary N) is 1. The van der Waals surface area contributed by atoms with Gasteiger partial charge in [0.05, 0.1) is 12.1 Å². The summed E-state index contributed by atoms with van der Waals surface area (Å²) in [6, 6.07) is 0.336. The number of carbonyl (C=O) groups is 1. The van der Waals surface area contributed by atoms with E-state index >= 15 is 0 Å². The molecule has 19 heavy (non-hydrogen) atoms. The molecule has 0 radical (unpaired) electrons. The van der Waals surface area contributed by atoms with Crippen LogP contribution in [0.25, 0.3) is 0 Å². The largest absolute Gasteiger partial charge is 0.376 e. The van der Waals surface area contributed by atoms with Crippen LogP contribution in [0.1, 0.15) is 51.9 Å². The van der Waals surface area contributed by atoms with E-state index in [0.29, 0.717) is 12.3 Å². The Labute approximate surface area is 122 Å². The average Bonchev–Trinajstić information content (AvgIpc) is 2.85. The molecule has 1 aliphatic carbocycles. The summed E-state index contributed by atoms with van der Waals surface area (Å²) < 4.78 is 5.59. The molecule has 4 nitrogen and oxygen atoms in total. The molecule has 112 valence electrons. The quantitative estimate of drug-likeness (QED) is 0.832. The molecule has 1 aliphatic heterocycles. The minimum absolute atomic E-state index is 0. The lowest BCUT2D eigenvalue weighted by Crippen LogP contribution is -2.43. The number of carbonyl (C=O) groups excluding carboxylic acids is 1. The maximum atomic E-state index is 12.0. The van der Waals surface area contributed by atoms with Crippen molar-refractivity contribution in [2.24, 2.45) is 11.7 Å². The van der Waals surface area contributed by atoms with Gasteiger partial charge in [0.15, 0.2) is 0 Å². The van der Waals surface area contributed by atoms with Crippen LogP contribution in [0.2, 0.25) is 0 Å². The first-order valence-corrected chi connectivity index (χ1v) is 7.33. The van der Waals surface area contributed by atoms with Crippen LogP contribution in [0.4, 0.5) is 0 Å². The van der Waals surface area contributed by atoms with Crippen molar-refractivity contribution < 1.29 is 9.53 Å². The third kappa shape index (κ3) is 4.93. The predicted octanol–water partition coefficient (Wildman–Crippen LogP) is 2.00. The Hall–Kier alpha value is -0.320. The van der Waals surface area contributed by atoms with Gasteiger partial charge in [-0.25, -0.2) is 0 Å². The molecule has 5 heteroatoms. The fourth-order valence-corrected chi connectivity index (χ4v) is 3.13. The van der Waals surface area contributed by atoms with E-state index in [4.69, 9.17) is 10.5 Å². The van der Waals surface area contributed by atoms with Gasteiger partial charge in [-0.1, -0.05) is 12.8 Å². The average molecular weight is 291 g/mol. The van der Waals surface area contributed by atoms with Crippen LogP contribution in [0.5, 0.6) is 0 Å². The fourth-order valence-electron chi connectivity index (χ4n) is 3.13. The van der Waals surface area contributed by atoms with Gasteiger partial charge in [-0.3, -0.25) is 4.79 Å². The van der Waals surface area contributed by atoms with Crippen molar-refractivity contribution in [3.63, 3.8) is 0 Å². The van der Waals surface area contributed by atoms with Crippen molar-refractivity contribution in [3.8, 4) is 0 Å². The Kier molecular flexibility index (Phi) is 7.11. The molecule has 2 fully saturated rings. The number of nitrogens with two attached hydrogens (primary N) is 1. The smallest absolute Gasteiger partial charge is 0.220 e. The Morgan fingerprint density at radius 1 is 1.32 bits per heavy atom. The number of hydrogen-bond donors (Lipinski definition) is 2. The molecule has 4 unspecified atom stereocenters. The molecule has 1 heterocycles. The summed E-state index contributed by atoms with van der Waals surface area (Å²) in [5.41, 5.74) is 6.08. The molecular formula is C14H27ClN2O2. The van der Waals surface area contributed by atoms with Crippen molar-refractivity contribution in [2.45, 2.75) is 70.1 Å². The SMILES string of the molecule is CC(NC(=O)CC1CCCCC1N)C1CCCO1.Cl. The Balaban J connectivity index is 0.00000180. The van der Waals surface area contributed by atoms with Crippen LogP contribution in [0.3, 0.4) is 0 Å². The van der Waals surface area contributed by atoms with Crippen molar-refractivity contribution in [3.05, 3.63) is 0 Å². The molecule has 2 rings (SSSR count). The minimum Gasteiger partial charge on any atom is -0.376 e. The van der Waals surface area contributed by atoms with E-state index in [1.807, 2.05) is 6.92 Å². The maximum Gasteiger partial charge on any atom is 0.220 e. The van der Waals surface area contributed by atoms with E-state index in [2.05, 4.69) is 5.32 Å². The maximum absolute atomic E-state index is 12.0. The molecule has 1 amide bonds. The van der Waals surface area contributed by atoms with E-state index < -0.39 is 0 Å². The first kappa shape index (κ1) is 16.7. The van der Waals surface area contributed by atoms with Gasteiger partial charge in [0, 0.05) is 19.1 Å². The van der Waals surface area contributed by atoms with Gasteiger partial charge in [-0.05, 0) is 38.5 Å². The summed E-state index contributed by atoms with van der Waals surface area (Å²) in [6.07, 6.45) is 7.55. The molecular weight excluding hydrogens is 264 g/mol. The second kappa shape index (κ2) is 8.08. The zero-order valence-corrected chi connectivity index (χ0v) is 12.6. The lowest BCUT2D eigenvalue weighted by molar-refractivity contribution is -0.123. The fraction of sp³-hybridized carbons (Fsp3) is 0.929. The molecule has 0 spiro atoms. The van der Waals surface area contributed by atoms with Gasteiger partial charge in [0.1, 0.15) is 0 Å². The Morgan fingerprint density at radius 2 is 2.05 bits per heavy atom. The van der Waals surface area contributed by atoms with Crippen molar-refractivity contribution >= 4 is 18.3 Å². The number of ether oxygens (including phenoxy) is 1. The molecule has 4 atom stereocenters. The molecule has 0 aromatic carbocycles. The van der Waals surface area contributed by atoms with Crippen molar-refractivity contribution in [1.82, 2.24) is 5.32 Å². The van der Waals surface area contributed by atoms with E-state index in [1.54, 1.807) is 0 Å². The molecule has 0 aromatic heterocycles. The number of rotatable bonds is 4. The highest BCUT2D eigenvalue weighted by atomic mass is 35.5. The van der Waals surface area contributed by atoms with Gasteiger partial charge in [-0.2, -0.15) is 0 Å². The molecule has 0 bridgehead atoms. The number of halogens is 1. The van der Waals surface area contributed by atoms with E-state index in [9.17, 15) is 4.79 Å². The van der Waals surface area contributed by atoms with Gasteiger partial charge in [0.2, 0.25) is 5.91 Å². The second-order valence-electron chi connectivity index (χ2n) is 5.82. The topological polar surface area (TPSA) is 64.4 Å². The summed E-state index contributed by atoms with van der Waals surface area (Å²) in [4.78, 5) is 12.0. The summed E-state index contributed by atoms with van der Waals surface area (Å²) in [6.45, 7) is 2.87. The van der Waals surface area contributed by atoms with E-state index in [1.165, 1.54) is 12.8 Å². The highest BCUT2D eigenvalue weighted by Gasteiger charge is 2.27. The molecule has 2 aliphatic rings. The summed E-state index contributed by atoms with van der Waals surface area (Å²) in [5.74, 6) is 0.510. The zero-order chi connectivity index (χ0) is 13.0. The van der Waals surface area contributed by atoms with Crippen LogP contribution >= 0.6 is 12.4 Å². The normalized spacial score (nSPS) is 32.4. The van der Waals surface area contributed by atoms with Crippen LogP contribution in [-0.4, -0.2) is 30.7 Å². The molecule has 3 N–H and O–H groups in total. The second-order valence-corrected chi connectivity index (χ2v) is 5.82. The highest BCUT2D eigenvalue weighted by Crippen LogP contribution is 2.25. The van der Waals surface area contributed by atoms with Crippen LogP contribution in [0, 0.1) is 5.92 Å². The summed E-state index contributed by atoms with van der Waals surface area (Å²) in [7, 11) is 0. The molecule has 0 aromatic rings. The standard InChI is InChI=1S/C14H26N2O2.ClH/c1-10(13-7-4-8-18-13)16-14(17)9-11-5-2-3-6-12(11)15;/h10-13H,2-9,15H2,1H3,(H,16,17);1H. The first-order valence-electron chi connectivity index (χ1n) is 7.33. The van der Waals surface area contributed by atoms with Crippen LogP contribution in [0.15, 0.2) is 0 Å². The Morgan fingerprint density at radius 3 is 2.68 bits per heavy atom. The molecule has 1 saturated carbocycles. The minimum atomic E-state index is 0. The van der Waals surface area contributed by atoms with Gasteiger partial charge >= 0.3 is 0 Å². The monoisotopic (exact) mass is 290 g/mol. The first-order chi connectivity index (χ1) is 8.66. The van der Waals surface area contributed by atoms with Crippen molar-refractivity contribution in [2.75, 3.05) is 6.61 Å². The van der Waals surface area contributed by atoms with Crippen molar-refractivity contribution in [1.29, 1.82) is 0 Å². The van der Waals surface area contributed by atoms with Gasteiger partial charge in [0.25, 0.3) is 0 Å². The van der Waals surface area contributed by atoms with E-state index in [-0.39, 0.29) is 36.5 Å². The molecule has 1 saturated heterocycles. The van der Waals surface area contributed by atoms with Crippen LogP contribution in [-0.2, 0) is 9.53 Å². The van der Waals surface area contributed by atoms with Crippen LogP contribution < -0.4 is 11.1 Å². The number of amides is 1. The number of hydrogen-bond acceptors (Lipinski definition) is 3. The third-order valence-electron chi connectivity index (χ3n) is 4.33. The summed E-state index contributed by atoms with van der Waals surface area (Å²) in [5, 5.41) is 3.07. The predicted molar refractivity (Wildman–Crippen MR) is 78.4 cm³/mol. The highest BCUT2D eigenvalue weighted by molar-refractivity contribution is 5.85. The lowest BCUT2D eigenvalue weighted by atomic mass is 9.83. The van der Waals surface area contributed by atoms with E-state index in [0.717, 1.165) is 32.3 Å². The lowest BCUT2D eigenvalue weighted by Gasteiger charge is -2.29. The van der Waals surface area contributed by atoms with Gasteiger partial charge in [-0.15, -0.1) is 12.4 Å². The summed E-state index contributed by atoms with van der Waals surface area (Å²) >= 11 is 0. The Bertz CT molecular complexity index is 283. The zero-order valence-electron chi connectivity index (χ0n) is 11.8.